The number of likely N-dealkylation sites (N-methyl/N-ethyl adjacent to an activating group) is 1. The molecule has 0 radical (unpaired) electrons. The van der Waals surface area contributed by atoms with E-state index in [-0.39, 0.29) is 5.37 Å². The summed E-state index contributed by atoms with van der Waals surface area (Å²) in [5.74, 6) is 1.42. The predicted octanol–water partition coefficient (Wildman–Crippen LogP) is 3.29. The quantitative estimate of drug-likeness (QED) is 0.907. The fourth-order valence-electron chi connectivity index (χ4n) is 2.25. The zero-order chi connectivity index (χ0) is 15.4. The number of rotatable bonds is 3. The van der Waals surface area contributed by atoms with Crippen molar-refractivity contribution in [2.24, 2.45) is 0 Å². The van der Waals surface area contributed by atoms with Crippen molar-refractivity contribution < 1.29 is 5.11 Å². The number of phenolic OH excluding ortho intramolecular Hbond substituents is 1. The van der Waals surface area contributed by atoms with Crippen LogP contribution < -0.4 is 5.32 Å². The summed E-state index contributed by atoms with van der Waals surface area (Å²) < 4.78 is 1.05. The normalized spacial score (nSPS) is 21.6. The van der Waals surface area contributed by atoms with Gasteiger partial charge in [-0.2, -0.15) is 0 Å². The maximum absolute atomic E-state index is 9.50. The predicted molar refractivity (Wildman–Crippen MR) is 93.3 cm³/mol. The summed E-state index contributed by atoms with van der Waals surface area (Å²) in [6, 6.07) is 5.87. The molecule has 1 fully saturated rings. The van der Waals surface area contributed by atoms with E-state index in [0.29, 0.717) is 11.8 Å². The van der Waals surface area contributed by atoms with E-state index >= 15 is 0 Å². The average molecular weight is 326 g/mol. The second kappa shape index (κ2) is 7.45. The maximum atomic E-state index is 9.50. The van der Waals surface area contributed by atoms with Gasteiger partial charge in [0.1, 0.15) is 16.1 Å². The third kappa shape index (κ3) is 4.10. The molecule has 21 heavy (non-hydrogen) atoms. The molecule has 0 saturated carbocycles. The number of benzene rings is 1. The Balaban J connectivity index is 0.000000774. The Morgan fingerprint density at radius 1 is 1.38 bits per heavy atom. The van der Waals surface area contributed by atoms with Crippen LogP contribution in [0.15, 0.2) is 18.2 Å². The van der Waals surface area contributed by atoms with Crippen LogP contribution >= 0.6 is 23.1 Å². The number of fused-ring (bicyclic) bond motifs is 1. The van der Waals surface area contributed by atoms with E-state index in [9.17, 15) is 5.11 Å². The summed E-state index contributed by atoms with van der Waals surface area (Å²) in [6.45, 7) is 5.05. The molecule has 1 saturated heterocycles. The number of aromatic hydroxyl groups is 1. The Morgan fingerprint density at radius 2 is 2.14 bits per heavy atom. The Labute approximate surface area is 134 Å². The first-order chi connectivity index (χ1) is 10.1. The number of aromatic nitrogens is 1. The fraction of sp³-hybridized carbons (Fsp3) is 0.533. The second-order valence-corrected chi connectivity index (χ2v) is 7.24. The first kappa shape index (κ1) is 16.5. The number of thiazole rings is 1. The van der Waals surface area contributed by atoms with E-state index in [0.717, 1.165) is 27.5 Å². The van der Waals surface area contributed by atoms with Gasteiger partial charge < -0.3 is 10.0 Å². The standard InChI is InChI=1S/C13H17N3OS2.C2H6/c1-16(2)6-8-7-18-12(14-8)13-15-10-4-3-9(17)5-11(10)19-13;1-2/h3-5,8,12,14,17H,6-7H2,1-2H3;1-2H3. The Morgan fingerprint density at radius 3 is 2.86 bits per heavy atom. The minimum Gasteiger partial charge on any atom is -0.508 e. The van der Waals surface area contributed by atoms with Crippen LogP contribution in [0.4, 0.5) is 0 Å². The highest BCUT2D eigenvalue weighted by atomic mass is 32.2. The van der Waals surface area contributed by atoms with Crippen molar-refractivity contribution in [1.29, 1.82) is 0 Å². The summed E-state index contributed by atoms with van der Waals surface area (Å²) in [5.41, 5.74) is 0.969. The Bertz CT molecular complexity index is 585. The number of nitrogens with one attached hydrogen (secondary N) is 1. The molecule has 1 aliphatic heterocycles. The topological polar surface area (TPSA) is 48.4 Å². The van der Waals surface area contributed by atoms with E-state index in [1.807, 2.05) is 31.7 Å². The lowest BCUT2D eigenvalue weighted by Gasteiger charge is -2.16. The molecule has 0 amide bonds. The van der Waals surface area contributed by atoms with Crippen molar-refractivity contribution in [3.63, 3.8) is 0 Å². The summed E-state index contributed by atoms with van der Waals surface area (Å²) in [4.78, 5) is 6.87. The number of hydrogen-bond acceptors (Lipinski definition) is 6. The molecular formula is C15H23N3OS2. The summed E-state index contributed by atoms with van der Waals surface area (Å²) in [6.07, 6.45) is 0. The molecule has 2 atom stereocenters. The lowest BCUT2D eigenvalue weighted by molar-refractivity contribution is 0.358. The molecule has 6 heteroatoms. The Hall–Kier alpha value is -0.820. The minimum absolute atomic E-state index is 0.282. The number of thioether (sulfide) groups is 1. The first-order valence-corrected chi connectivity index (χ1v) is 9.10. The van der Waals surface area contributed by atoms with Crippen LogP contribution in [-0.4, -0.2) is 47.4 Å². The van der Waals surface area contributed by atoms with Crippen molar-refractivity contribution in [2.75, 3.05) is 26.4 Å². The van der Waals surface area contributed by atoms with Gasteiger partial charge in [0.2, 0.25) is 0 Å². The summed E-state index contributed by atoms with van der Waals surface area (Å²) in [5, 5.41) is 14.5. The highest BCUT2D eigenvalue weighted by molar-refractivity contribution is 7.99. The van der Waals surface area contributed by atoms with E-state index in [1.165, 1.54) is 0 Å². The fourth-order valence-corrected chi connectivity index (χ4v) is 4.66. The number of phenols is 1. The monoisotopic (exact) mass is 325 g/mol. The molecule has 2 unspecified atom stereocenters. The number of nitrogens with zero attached hydrogens (tertiary/aromatic N) is 2. The molecule has 2 heterocycles. The molecule has 3 rings (SSSR count). The molecule has 2 N–H and O–H groups in total. The Kier molecular flexibility index (Phi) is 5.87. The van der Waals surface area contributed by atoms with Gasteiger partial charge in [-0.15, -0.1) is 23.1 Å². The summed E-state index contributed by atoms with van der Waals surface area (Å²) in [7, 11) is 4.19. The van der Waals surface area contributed by atoms with Gasteiger partial charge in [-0.25, -0.2) is 4.98 Å². The molecular weight excluding hydrogens is 302 g/mol. The lowest BCUT2D eigenvalue weighted by Crippen LogP contribution is -2.35. The molecule has 2 aromatic rings. The lowest BCUT2D eigenvalue weighted by atomic mass is 10.3. The molecule has 1 aromatic carbocycles. The van der Waals surface area contributed by atoms with Crippen molar-refractivity contribution in [3.8, 4) is 5.75 Å². The SMILES string of the molecule is CC.CN(C)CC1CSC(c2nc3ccc(O)cc3s2)N1. The zero-order valence-electron chi connectivity index (χ0n) is 13.0. The zero-order valence-corrected chi connectivity index (χ0v) is 14.6. The molecule has 0 aliphatic carbocycles. The highest BCUT2D eigenvalue weighted by Gasteiger charge is 2.28. The average Bonchev–Trinajstić information content (AvgIpc) is 3.06. The first-order valence-electron chi connectivity index (χ1n) is 7.23. The van der Waals surface area contributed by atoms with Crippen LogP contribution in [0.5, 0.6) is 5.75 Å². The van der Waals surface area contributed by atoms with Crippen molar-refractivity contribution in [3.05, 3.63) is 23.2 Å². The molecule has 0 spiro atoms. The van der Waals surface area contributed by atoms with Gasteiger partial charge in [-0.1, -0.05) is 13.8 Å². The van der Waals surface area contributed by atoms with E-state index in [4.69, 9.17) is 0 Å². The van der Waals surface area contributed by atoms with E-state index < -0.39 is 0 Å². The van der Waals surface area contributed by atoms with Crippen molar-refractivity contribution in [2.45, 2.75) is 25.3 Å². The van der Waals surface area contributed by atoms with Gasteiger partial charge in [0, 0.05) is 18.3 Å². The van der Waals surface area contributed by atoms with E-state index in [2.05, 4.69) is 29.3 Å². The molecule has 1 aliphatic rings. The molecule has 1 aromatic heterocycles. The van der Waals surface area contributed by atoms with Gasteiger partial charge >= 0.3 is 0 Å². The van der Waals surface area contributed by atoms with Crippen LogP contribution in [0.3, 0.4) is 0 Å². The minimum atomic E-state index is 0.282. The summed E-state index contributed by atoms with van der Waals surface area (Å²) >= 11 is 3.57. The molecule has 0 bridgehead atoms. The van der Waals surface area contributed by atoms with Crippen molar-refractivity contribution >= 4 is 33.3 Å². The van der Waals surface area contributed by atoms with Crippen LogP contribution in [0.25, 0.3) is 10.2 Å². The smallest absolute Gasteiger partial charge is 0.121 e. The molecule has 4 nitrogen and oxygen atoms in total. The van der Waals surface area contributed by atoms with Crippen LogP contribution in [-0.2, 0) is 0 Å². The highest BCUT2D eigenvalue weighted by Crippen LogP contribution is 2.37. The number of hydrogen-bond donors (Lipinski definition) is 2. The van der Waals surface area contributed by atoms with Crippen LogP contribution in [0, 0.1) is 0 Å². The third-order valence-corrected chi connectivity index (χ3v) is 5.57. The van der Waals surface area contributed by atoms with E-state index in [1.54, 1.807) is 23.5 Å². The molecule has 116 valence electrons. The maximum Gasteiger partial charge on any atom is 0.121 e. The third-order valence-electron chi connectivity index (χ3n) is 3.05. The largest absolute Gasteiger partial charge is 0.508 e. The van der Waals surface area contributed by atoms with Crippen molar-refractivity contribution in [1.82, 2.24) is 15.2 Å². The van der Waals surface area contributed by atoms with Gasteiger partial charge in [0.15, 0.2) is 0 Å². The van der Waals surface area contributed by atoms with Gasteiger partial charge in [0.25, 0.3) is 0 Å². The van der Waals surface area contributed by atoms with Crippen LogP contribution in [0.1, 0.15) is 24.2 Å². The van der Waals surface area contributed by atoms with Crippen LogP contribution in [0.2, 0.25) is 0 Å². The second-order valence-electron chi connectivity index (χ2n) is 5.04. The van der Waals surface area contributed by atoms with Gasteiger partial charge in [-0.3, -0.25) is 5.32 Å². The van der Waals surface area contributed by atoms with Gasteiger partial charge in [0.05, 0.1) is 10.2 Å². The van der Waals surface area contributed by atoms with Gasteiger partial charge in [-0.05, 0) is 32.3 Å².